The molecule has 2 N–H and O–H groups in total. The summed E-state index contributed by atoms with van der Waals surface area (Å²) in [6.45, 7) is 5.44. The minimum absolute atomic E-state index is 0.0278. The van der Waals surface area contributed by atoms with Crippen molar-refractivity contribution in [2.45, 2.75) is 25.0 Å². The van der Waals surface area contributed by atoms with Crippen molar-refractivity contribution >= 4 is 17.9 Å². The molecule has 5 rings (SSSR count). The zero-order chi connectivity index (χ0) is 25.2. The Kier molecular flexibility index (Phi) is 7.01. The molecule has 2 saturated heterocycles. The standard InChI is InChI=1S/C23H32FN9O3/c1-30-3-5-33(6-4-30)23(34)31(2)16-11-17(12-16)36-20-18(24)19(15-13-26-21(25)27-14-15)28-22(29-20)32-7-9-35-10-8-32/h13-14,16-17H,3-12H2,1-2H3,(H2,25,26,27). The van der Waals surface area contributed by atoms with Crippen LogP contribution >= 0.6 is 0 Å². The van der Waals surface area contributed by atoms with Crippen LogP contribution in [0.2, 0.25) is 0 Å². The third-order valence-electron chi connectivity index (χ3n) is 7.02. The number of likely N-dealkylation sites (N-methyl/N-ethyl adjacent to an activating group) is 1. The summed E-state index contributed by atoms with van der Waals surface area (Å²) in [6.07, 6.45) is 3.81. The minimum Gasteiger partial charge on any atom is -0.472 e. The quantitative estimate of drug-likeness (QED) is 0.626. The van der Waals surface area contributed by atoms with Gasteiger partial charge in [0, 0.05) is 83.2 Å². The molecule has 0 unspecified atom stereocenters. The molecule has 0 aromatic carbocycles. The first-order chi connectivity index (χ1) is 17.4. The summed E-state index contributed by atoms with van der Waals surface area (Å²) in [5, 5.41) is 0. The van der Waals surface area contributed by atoms with E-state index in [9.17, 15) is 4.79 Å². The van der Waals surface area contributed by atoms with Crippen molar-refractivity contribution in [1.29, 1.82) is 0 Å². The maximum atomic E-state index is 15.5. The first kappa shape index (κ1) is 24.4. The Balaban J connectivity index is 1.29. The van der Waals surface area contributed by atoms with Crippen LogP contribution in [0.5, 0.6) is 5.88 Å². The number of hydrogen-bond donors (Lipinski definition) is 1. The number of amides is 2. The lowest BCUT2D eigenvalue weighted by Gasteiger charge is -2.43. The third-order valence-corrected chi connectivity index (χ3v) is 7.02. The van der Waals surface area contributed by atoms with Crippen molar-refractivity contribution in [2.75, 3.05) is 77.2 Å². The normalized spacial score (nSPS) is 22.8. The molecule has 2 aromatic rings. The summed E-state index contributed by atoms with van der Waals surface area (Å²) in [6, 6.07) is 0.0655. The van der Waals surface area contributed by atoms with Crippen molar-refractivity contribution in [3.8, 4) is 17.1 Å². The number of nitrogen functional groups attached to an aromatic ring is 1. The maximum Gasteiger partial charge on any atom is 0.320 e. The third kappa shape index (κ3) is 5.12. The second-order valence-electron chi connectivity index (χ2n) is 9.47. The van der Waals surface area contributed by atoms with Crippen molar-refractivity contribution in [1.82, 2.24) is 34.6 Å². The van der Waals surface area contributed by atoms with Crippen LogP contribution in [0.25, 0.3) is 11.3 Å². The minimum atomic E-state index is -0.675. The molecule has 0 spiro atoms. The summed E-state index contributed by atoms with van der Waals surface area (Å²) in [5.74, 6) is -0.339. The highest BCUT2D eigenvalue weighted by Gasteiger charge is 2.38. The molecule has 1 saturated carbocycles. The van der Waals surface area contributed by atoms with Gasteiger partial charge in [0.1, 0.15) is 11.8 Å². The van der Waals surface area contributed by atoms with E-state index in [1.54, 1.807) is 4.90 Å². The van der Waals surface area contributed by atoms with E-state index in [2.05, 4.69) is 31.9 Å². The molecule has 0 radical (unpaired) electrons. The van der Waals surface area contributed by atoms with E-state index in [-0.39, 0.29) is 35.7 Å². The summed E-state index contributed by atoms with van der Waals surface area (Å²) >= 11 is 0. The molecule has 1 aliphatic carbocycles. The highest BCUT2D eigenvalue weighted by atomic mass is 19.1. The fourth-order valence-electron chi connectivity index (χ4n) is 4.53. The van der Waals surface area contributed by atoms with Gasteiger partial charge >= 0.3 is 6.03 Å². The number of ether oxygens (including phenoxy) is 2. The van der Waals surface area contributed by atoms with Crippen LogP contribution < -0.4 is 15.4 Å². The van der Waals surface area contributed by atoms with E-state index in [1.165, 1.54) is 12.4 Å². The molecule has 4 heterocycles. The number of hydrogen-bond acceptors (Lipinski definition) is 10. The Bertz CT molecular complexity index is 1070. The molecule has 13 heteroatoms. The van der Waals surface area contributed by atoms with Gasteiger partial charge in [-0.15, -0.1) is 0 Å². The molecule has 36 heavy (non-hydrogen) atoms. The Morgan fingerprint density at radius 1 is 1.11 bits per heavy atom. The molecular weight excluding hydrogens is 469 g/mol. The number of halogens is 1. The Morgan fingerprint density at radius 2 is 1.78 bits per heavy atom. The second kappa shape index (κ2) is 10.3. The average molecular weight is 502 g/mol. The average Bonchev–Trinajstić information content (AvgIpc) is 2.87. The van der Waals surface area contributed by atoms with Gasteiger partial charge < -0.3 is 34.8 Å². The van der Waals surface area contributed by atoms with E-state index in [1.807, 2.05) is 16.8 Å². The Labute approximate surface area is 209 Å². The lowest BCUT2D eigenvalue weighted by atomic mass is 9.88. The number of urea groups is 1. The molecular formula is C23H32FN9O3. The molecule has 2 amide bonds. The topological polar surface area (TPSA) is 126 Å². The number of nitrogens with zero attached hydrogens (tertiary/aromatic N) is 8. The summed E-state index contributed by atoms with van der Waals surface area (Å²) < 4.78 is 27.0. The van der Waals surface area contributed by atoms with Crippen LogP contribution in [-0.2, 0) is 4.74 Å². The van der Waals surface area contributed by atoms with Gasteiger partial charge in [0.25, 0.3) is 5.88 Å². The van der Waals surface area contributed by atoms with Gasteiger partial charge in [0.05, 0.1) is 13.2 Å². The van der Waals surface area contributed by atoms with Crippen LogP contribution in [0.3, 0.4) is 0 Å². The monoisotopic (exact) mass is 501 g/mol. The first-order valence-electron chi connectivity index (χ1n) is 12.2. The summed E-state index contributed by atoms with van der Waals surface area (Å²) in [4.78, 5) is 37.5. The highest BCUT2D eigenvalue weighted by molar-refractivity contribution is 5.74. The van der Waals surface area contributed by atoms with Gasteiger partial charge in [0.15, 0.2) is 0 Å². The lowest BCUT2D eigenvalue weighted by Crippen LogP contribution is -2.56. The number of anilines is 2. The van der Waals surface area contributed by atoms with E-state index < -0.39 is 5.82 Å². The van der Waals surface area contributed by atoms with Gasteiger partial charge in [-0.1, -0.05) is 0 Å². The zero-order valence-corrected chi connectivity index (χ0v) is 20.6. The number of nitrogens with two attached hydrogens (primary N) is 1. The fourth-order valence-corrected chi connectivity index (χ4v) is 4.53. The van der Waals surface area contributed by atoms with Crippen LogP contribution in [-0.4, -0.2) is 119 Å². The number of morpholine rings is 1. The van der Waals surface area contributed by atoms with Gasteiger partial charge in [-0.3, -0.25) is 0 Å². The van der Waals surface area contributed by atoms with Gasteiger partial charge in [-0.25, -0.2) is 19.7 Å². The number of rotatable bonds is 5. The predicted molar refractivity (Wildman–Crippen MR) is 130 cm³/mol. The van der Waals surface area contributed by atoms with Crippen molar-refractivity contribution in [3.05, 3.63) is 18.2 Å². The van der Waals surface area contributed by atoms with Crippen molar-refractivity contribution in [3.63, 3.8) is 0 Å². The van der Waals surface area contributed by atoms with E-state index >= 15 is 4.39 Å². The number of carbonyl (C=O) groups is 1. The second-order valence-corrected chi connectivity index (χ2v) is 9.47. The summed E-state index contributed by atoms with van der Waals surface area (Å²) in [7, 11) is 3.88. The van der Waals surface area contributed by atoms with E-state index in [0.29, 0.717) is 50.7 Å². The molecule has 2 aromatic heterocycles. The molecule has 194 valence electrons. The number of carbonyl (C=O) groups excluding carboxylic acids is 1. The van der Waals surface area contributed by atoms with Gasteiger partial charge in [0.2, 0.25) is 17.7 Å². The number of aromatic nitrogens is 4. The molecule has 0 atom stereocenters. The molecule has 12 nitrogen and oxygen atoms in total. The Hall–Kier alpha value is -3.32. The maximum absolute atomic E-state index is 15.5. The number of piperazine rings is 1. The van der Waals surface area contributed by atoms with Crippen LogP contribution in [0.4, 0.5) is 21.1 Å². The largest absolute Gasteiger partial charge is 0.472 e. The molecule has 2 aliphatic heterocycles. The van der Waals surface area contributed by atoms with Crippen LogP contribution in [0.15, 0.2) is 12.4 Å². The van der Waals surface area contributed by atoms with Crippen LogP contribution in [0.1, 0.15) is 12.8 Å². The predicted octanol–water partition coefficient (Wildman–Crippen LogP) is 0.701. The van der Waals surface area contributed by atoms with Gasteiger partial charge in [-0.2, -0.15) is 9.37 Å². The van der Waals surface area contributed by atoms with Crippen molar-refractivity contribution in [2.24, 2.45) is 0 Å². The van der Waals surface area contributed by atoms with E-state index in [4.69, 9.17) is 15.2 Å². The fraction of sp³-hybridized carbons (Fsp3) is 0.609. The summed E-state index contributed by atoms with van der Waals surface area (Å²) in [5.41, 5.74) is 6.03. The SMILES string of the molecule is CN1CCN(C(=O)N(C)C2CC(Oc3nc(N4CCOCC4)nc(-c4cnc(N)nc4)c3F)C2)CC1. The first-order valence-corrected chi connectivity index (χ1v) is 12.2. The zero-order valence-electron chi connectivity index (χ0n) is 20.6. The lowest BCUT2D eigenvalue weighted by molar-refractivity contribution is 0.0272. The smallest absolute Gasteiger partial charge is 0.320 e. The van der Waals surface area contributed by atoms with Crippen molar-refractivity contribution < 1.29 is 18.7 Å². The molecule has 3 fully saturated rings. The molecule has 0 bridgehead atoms. The van der Waals surface area contributed by atoms with Gasteiger partial charge in [-0.05, 0) is 7.05 Å². The van der Waals surface area contributed by atoms with Crippen LogP contribution in [0, 0.1) is 5.82 Å². The highest BCUT2D eigenvalue weighted by Crippen LogP contribution is 2.34. The Morgan fingerprint density at radius 3 is 2.44 bits per heavy atom. The van der Waals surface area contributed by atoms with E-state index in [0.717, 1.165) is 26.2 Å². The molecule has 3 aliphatic rings.